The molecule has 0 radical (unpaired) electrons. The highest BCUT2D eigenvalue weighted by Crippen LogP contribution is 2.26. The van der Waals surface area contributed by atoms with E-state index >= 15 is 0 Å². The molecule has 2 aliphatic heterocycles. The number of carbonyl (C=O) groups excluding carboxylic acids is 1. The van der Waals surface area contributed by atoms with E-state index in [1.54, 1.807) is 0 Å². The van der Waals surface area contributed by atoms with Crippen LogP contribution in [0.1, 0.15) is 104 Å². The second-order valence-electron chi connectivity index (χ2n) is 14.1. The van der Waals surface area contributed by atoms with E-state index in [1.165, 1.54) is 12.8 Å². The molecular weight excluding hydrogens is 716 g/mol. The number of carbonyl (C=O) groups is 1. The molecule has 0 aromatic carbocycles. The summed E-state index contributed by atoms with van der Waals surface area (Å²) in [6, 6.07) is 0. The van der Waals surface area contributed by atoms with Crippen molar-refractivity contribution >= 4 is 5.97 Å². The van der Waals surface area contributed by atoms with Crippen LogP contribution < -0.4 is 0 Å². The molecule has 2 fully saturated rings. The predicted molar refractivity (Wildman–Crippen MR) is 206 cm³/mol. The minimum atomic E-state index is -1.71. The second-order valence-corrected chi connectivity index (χ2v) is 14.1. The number of ether oxygens (including phenoxy) is 6. The van der Waals surface area contributed by atoms with E-state index in [2.05, 4.69) is 62.5 Å². The Morgan fingerprint density at radius 3 is 1.82 bits per heavy atom. The van der Waals surface area contributed by atoms with Gasteiger partial charge in [-0.2, -0.15) is 0 Å². The highest BCUT2D eigenvalue weighted by Gasteiger charge is 2.47. The first kappa shape index (κ1) is 49.1. The molecule has 11 unspecified atom stereocenters. The molecule has 0 aliphatic carbocycles. The van der Waals surface area contributed by atoms with Gasteiger partial charge in [-0.3, -0.25) is 4.79 Å². The lowest BCUT2D eigenvalue weighted by Crippen LogP contribution is -2.61. The van der Waals surface area contributed by atoms with Gasteiger partial charge in [0.2, 0.25) is 0 Å². The van der Waals surface area contributed by atoms with Gasteiger partial charge in [0.1, 0.15) is 54.9 Å². The number of esters is 1. The highest BCUT2D eigenvalue weighted by atomic mass is 16.7. The average molecular weight is 787 g/mol. The minimum Gasteiger partial charge on any atom is -0.457 e. The number of allylic oxidation sites excluding steroid dienone is 8. The molecule has 0 spiro atoms. The summed E-state index contributed by atoms with van der Waals surface area (Å²) < 4.78 is 33.8. The third kappa shape index (κ3) is 19.8. The highest BCUT2D eigenvalue weighted by molar-refractivity contribution is 5.69. The van der Waals surface area contributed by atoms with Crippen LogP contribution in [-0.2, 0) is 33.2 Å². The summed E-state index contributed by atoms with van der Waals surface area (Å²) in [6.45, 7) is 3.41. The summed E-state index contributed by atoms with van der Waals surface area (Å²) >= 11 is 0. The van der Waals surface area contributed by atoms with Crippen LogP contribution >= 0.6 is 0 Å². The standard InChI is InChI=1S/C41H70O14/c1-3-5-7-9-11-12-13-14-15-16-17-18-19-20-22-24-33(43)53-30(27-50-25-23-21-10-8-6-4-2)28-51-40-39(49)37(47)35(45)32(55-40)29-52-41-38(48)36(46)34(44)31(26-42)54-41/h5,7,11-12,14-15,17-18,30-32,34-42,44-49H,3-4,6,8-10,13,16,19-29H2,1-2H3/b7-5-,12-11-,15-14-,18-17-. The first-order chi connectivity index (χ1) is 26.6. The molecule has 2 saturated heterocycles. The van der Waals surface area contributed by atoms with Crippen LogP contribution in [0, 0.1) is 0 Å². The van der Waals surface area contributed by atoms with Gasteiger partial charge in [-0.1, -0.05) is 94.6 Å². The molecule has 318 valence electrons. The summed E-state index contributed by atoms with van der Waals surface area (Å²) in [7, 11) is 0. The van der Waals surface area contributed by atoms with Gasteiger partial charge in [0, 0.05) is 13.0 Å². The molecule has 0 saturated carbocycles. The zero-order valence-electron chi connectivity index (χ0n) is 32.9. The number of aliphatic hydroxyl groups is 7. The molecule has 7 N–H and O–H groups in total. The number of aliphatic hydroxyl groups excluding tert-OH is 7. The van der Waals surface area contributed by atoms with Crippen LogP contribution in [-0.4, -0.2) is 142 Å². The van der Waals surface area contributed by atoms with E-state index in [0.717, 1.165) is 64.2 Å². The Kier molecular flexibility index (Phi) is 26.9. The first-order valence-electron chi connectivity index (χ1n) is 20.2. The lowest BCUT2D eigenvalue weighted by molar-refractivity contribution is -0.332. The molecule has 14 heteroatoms. The van der Waals surface area contributed by atoms with Gasteiger partial charge in [0.15, 0.2) is 12.6 Å². The summed E-state index contributed by atoms with van der Waals surface area (Å²) in [5.74, 6) is -0.423. The summed E-state index contributed by atoms with van der Waals surface area (Å²) in [6.07, 6.45) is 13.7. The van der Waals surface area contributed by atoms with Crippen molar-refractivity contribution in [1.29, 1.82) is 0 Å². The number of unbranched alkanes of at least 4 members (excludes halogenated alkanes) is 7. The maximum Gasteiger partial charge on any atom is 0.306 e. The van der Waals surface area contributed by atoms with E-state index in [4.69, 9.17) is 28.4 Å². The number of hydrogen-bond acceptors (Lipinski definition) is 14. The van der Waals surface area contributed by atoms with Crippen LogP contribution in [0.4, 0.5) is 0 Å². The lowest BCUT2D eigenvalue weighted by Gasteiger charge is -2.42. The monoisotopic (exact) mass is 786 g/mol. The molecule has 2 heterocycles. The van der Waals surface area contributed by atoms with Crippen molar-refractivity contribution in [1.82, 2.24) is 0 Å². The van der Waals surface area contributed by atoms with Crippen molar-refractivity contribution in [2.45, 2.75) is 171 Å². The molecule has 11 atom stereocenters. The maximum absolute atomic E-state index is 12.8. The summed E-state index contributed by atoms with van der Waals surface area (Å²) in [5.41, 5.74) is 0. The number of rotatable bonds is 29. The minimum absolute atomic E-state index is 0.0420. The van der Waals surface area contributed by atoms with Gasteiger partial charge in [-0.25, -0.2) is 0 Å². The normalized spacial score (nSPS) is 29.6. The van der Waals surface area contributed by atoms with Crippen molar-refractivity contribution in [2.75, 3.05) is 33.0 Å². The fourth-order valence-electron chi connectivity index (χ4n) is 5.98. The number of hydrogen-bond donors (Lipinski definition) is 7. The maximum atomic E-state index is 12.8. The molecule has 2 rings (SSSR count). The predicted octanol–water partition coefficient (Wildman–Crippen LogP) is 3.28. The quantitative estimate of drug-likeness (QED) is 0.0330. The molecule has 0 amide bonds. The van der Waals surface area contributed by atoms with Crippen LogP contribution in [0.3, 0.4) is 0 Å². The van der Waals surface area contributed by atoms with Crippen molar-refractivity contribution in [3.63, 3.8) is 0 Å². The summed E-state index contributed by atoms with van der Waals surface area (Å²) in [5, 5.41) is 71.5. The van der Waals surface area contributed by atoms with Gasteiger partial charge in [0.05, 0.1) is 26.4 Å². The fraction of sp³-hybridized carbons (Fsp3) is 0.780. The van der Waals surface area contributed by atoms with Gasteiger partial charge in [-0.05, 0) is 51.4 Å². The van der Waals surface area contributed by atoms with Gasteiger partial charge in [-0.15, -0.1) is 0 Å². The van der Waals surface area contributed by atoms with E-state index in [9.17, 15) is 40.5 Å². The molecule has 55 heavy (non-hydrogen) atoms. The van der Waals surface area contributed by atoms with Crippen molar-refractivity contribution in [2.24, 2.45) is 0 Å². The Morgan fingerprint density at radius 1 is 0.618 bits per heavy atom. The fourth-order valence-corrected chi connectivity index (χ4v) is 5.98. The molecular formula is C41H70O14. The smallest absolute Gasteiger partial charge is 0.306 e. The van der Waals surface area contributed by atoms with Gasteiger partial charge >= 0.3 is 5.97 Å². The third-order valence-corrected chi connectivity index (χ3v) is 9.35. The topological polar surface area (TPSA) is 214 Å². The van der Waals surface area contributed by atoms with E-state index in [1.807, 2.05) is 0 Å². The first-order valence-corrected chi connectivity index (χ1v) is 20.2. The van der Waals surface area contributed by atoms with Crippen molar-refractivity contribution in [3.8, 4) is 0 Å². The van der Waals surface area contributed by atoms with Crippen LogP contribution in [0.2, 0.25) is 0 Å². The van der Waals surface area contributed by atoms with Crippen LogP contribution in [0.25, 0.3) is 0 Å². The molecule has 0 bridgehead atoms. The van der Waals surface area contributed by atoms with Crippen molar-refractivity contribution < 1.29 is 69.0 Å². The Morgan fingerprint density at radius 2 is 1.18 bits per heavy atom. The zero-order valence-corrected chi connectivity index (χ0v) is 32.9. The van der Waals surface area contributed by atoms with E-state index in [0.29, 0.717) is 13.0 Å². The Labute approximate surface area is 327 Å². The Hall–Kier alpha value is -2.05. The largest absolute Gasteiger partial charge is 0.457 e. The molecule has 0 aromatic rings. The van der Waals surface area contributed by atoms with Gasteiger partial charge < -0.3 is 64.2 Å². The van der Waals surface area contributed by atoms with E-state index < -0.39 is 86.7 Å². The van der Waals surface area contributed by atoms with Crippen molar-refractivity contribution in [3.05, 3.63) is 48.6 Å². The van der Waals surface area contributed by atoms with Gasteiger partial charge in [0.25, 0.3) is 0 Å². The molecule has 14 nitrogen and oxygen atoms in total. The third-order valence-electron chi connectivity index (χ3n) is 9.35. The Bertz CT molecular complexity index is 1100. The van der Waals surface area contributed by atoms with Crippen LogP contribution in [0.5, 0.6) is 0 Å². The zero-order chi connectivity index (χ0) is 40.3. The average Bonchev–Trinajstić information content (AvgIpc) is 3.18. The second kappa shape index (κ2) is 30.1. The van der Waals surface area contributed by atoms with E-state index in [-0.39, 0.29) is 19.6 Å². The Balaban J connectivity index is 1.85. The molecule has 0 aromatic heterocycles. The lowest BCUT2D eigenvalue weighted by atomic mass is 9.98. The SMILES string of the molecule is CC/C=C\C/C=C\C/C=C\C/C=C\CCCCC(=O)OC(COCCCCCCCC)COC1OC(COC2OC(CO)C(O)C(O)C2O)C(O)C(O)C1O. The molecule has 2 aliphatic rings. The summed E-state index contributed by atoms with van der Waals surface area (Å²) in [4.78, 5) is 12.8. The van der Waals surface area contributed by atoms with Crippen LogP contribution in [0.15, 0.2) is 48.6 Å².